The first kappa shape index (κ1) is 8.49. The second-order valence-corrected chi connectivity index (χ2v) is 3.01. The molecule has 0 radical (unpaired) electrons. The van der Waals surface area contributed by atoms with Gasteiger partial charge in [-0.15, -0.1) is 0 Å². The van der Waals surface area contributed by atoms with E-state index in [0.29, 0.717) is 12.8 Å². The molecule has 64 valence electrons. The summed E-state index contributed by atoms with van der Waals surface area (Å²) in [5, 5.41) is 12.5. The smallest absolute Gasteiger partial charge is 0.226 e. The minimum Gasteiger partial charge on any atom is -0.372 e. The molecule has 1 heterocycles. The van der Waals surface area contributed by atoms with E-state index in [1.54, 1.807) is 0 Å². The van der Waals surface area contributed by atoms with E-state index < -0.39 is 6.23 Å². The van der Waals surface area contributed by atoms with Gasteiger partial charge in [0.05, 0.1) is 0 Å². The summed E-state index contributed by atoms with van der Waals surface area (Å²) < 4.78 is 0. The van der Waals surface area contributed by atoms with E-state index in [2.05, 4.69) is 0 Å². The number of rotatable bonds is 2. The molecule has 0 saturated carbocycles. The zero-order valence-corrected chi connectivity index (χ0v) is 6.90. The Bertz CT molecular complexity index is 149. The standard InChI is InChI=1S/C7H14N2O2/c1-6(2)8-4-3-7(11)9(8)5-10/h5-7,11H,3-4H2,1-2H3/t7-/m0/s1. The highest BCUT2D eigenvalue weighted by Gasteiger charge is 2.30. The third-order valence-electron chi connectivity index (χ3n) is 1.92. The van der Waals surface area contributed by atoms with Crippen LogP contribution in [0.25, 0.3) is 0 Å². The Morgan fingerprint density at radius 3 is 2.64 bits per heavy atom. The van der Waals surface area contributed by atoms with Gasteiger partial charge in [0, 0.05) is 19.0 Å². The molecule has 4 heteroatoms. The van der Waals surface area contributed by atoms with Gasteiger partial charge in [-0.3, -0.25) is 4.79 Å². The van der Waals surface area contributed by atoms with Gasteiger partial charge in [0.25, 0.3) is 0 Å². The minimum absolute atomic E-state index is 0.275. The van der Waals surface area contributed by atoms with Crippen molar-refractivity contribution in [1.82, 2.24) is 10.0 Å². The zero-order chi connectivity index (χ0) is 8.43. The van der Waals surface area contributed by atoms with Crippen LogP contribution in [0, 0.1) is 0 Å². The van der Waals surface area contributed by atoms with Crippen LogP contribution >= 0.6 is 0 Å². The first-order valence-corrected chi connectivity index (χ1v) is 3.85. The van der Waals surface area contributed by atoms with Crippen molar-refractivity contribution in [3.63, 3.8) is 0 Å². The molecule has 0 aromatic rings. The third-order valence-corrected chi connectivity index (χ3v) is 1.92. The summed E-state index contributed by atoms with van der Waals surface area (Å²) >= 11 is 0. The fourth-order valence-corrected chi connectivity index (χ4v) is 1.32. The fourth-order valence-electron chi connectivity index (χ4n) is 1.32. The average molecular weight is 158 g/mol. The third kappa shape index (κ3) is 1.52. The number of amides is 1. The summed E-state index contributed by atoms with van der Waals surface area (Å²) in [7, 11) is 0. The van der Waals surface area contributed by atoms with Gasteiger partial charge in [-0.1, -0.05) is 0 Å². The van der Waals surface area contributed by atoms with E-state index >= 15 is 0 Å². The largest absolute Gasteiger partial charge is 0.372 e. The van der Waals surface area contributed by atoms with Gasteiger partial charge in [0.1, 0.15) is 6.23 Å². The van der Waals surface area contributed by atoms with Crippen LogP contribution in [0.4, 0.5) is 0 Å². The molecule has 0 aliphatic carbocycles. The molecule has 1 amide bonds. The van der Waals surface area contributed by atoms with Crippen LogP contribution in [0.3, 0.4) is 0 Å². The summed E-state index contributed by atoms with van der Waals surface area (Å²) in [5.74, 6) is 0. The number of aliphatic hydroxyl groups is 1. The molecule has 0 unspecified atom stereocenters. The number of carbonyl (C=O) groups is 1. The molecule has 1 saturated heterocycles. The summed E-state index contributed by atoms with van der Waals surface area (Å²) in [4.78, 5) is 10.5. The fraction of sp³-hybridized carbons (Fsp3) is 0.857. The van der Waals surface area contributed by atoms with Crippen molar-refractivity contribution in [2.75, 3.05) is 6.54 Å². The van der Waals surface area contributed by atoms with E-state index in [1.807, 2.05) is 18.9 Å². The van der Waals surface area contributed by atoms with Crippen molar-refractivity contribution in [2.24, 2.45) is 0 Å². The number of aliphatic hydroxyl groups excluding tert-OH is 1. The van der Waals surface area contributed by atoms with Crippen molar-refractivity contribution in [3.8, 4) is 0 Å². The predicted molar refractivity (Wildman–Crippen MR) is 40.4 cm³/mol. The van der Waals surface area contributed by atoms with Crippen molar-refractivity contribution in [1.29, 1.82) is 0 Å². The van der Waals surface area contributed by atoms with Gasteiger partial charge in [0.2, 0.25) is 6.41 Å². The minimum atomic E-state index is -0.616. The van der Waals surface area contributed by atoms with E-state index in [1.165, 1.54) is 5.01 Å². The number of hydrogen-bond acceptors (Lipinski definition) is 3. The molecule has 1 atom stereocenters. The van der Waals surface area contributed by atoms with Crippen LogP contribution in [0.15, 0.2) is 0 Å². The molecule has 1 N–H and O–H groups in total. The molecule has 0 bridgehead atoms. The van der Waals surface area contributed by atoms with Crippen LogP contribution in [-0.2, 0) is 4.79 Å². The van der Waals surface area contributed by atoms with Crippen LogP contribution in [-0.4, -0.2) is 40.3 Å². The highest BCUT2D eigenvalue weighted by Crippen LogP contribution is 2.16. The van der Waals surface area contributed by atoms with Crippen LogP contribution in [0.1, 0.15) is 20.3 Å². The molecule has 0 aromatic carbocycles. The van der Waals surface area contributed by atoms with Crippen LogP contribution in [0.2, 0.25) is 0 Å². The SMILES string of the molecule is CC(C)N1CC[C@H](O)N1C=O. The van der Waals surface area contributed by atoms with Gasteiger partial charge in [-0.05, 0) is 13.8 Å². The molecule has 0 aromatic heterocycles. The van der Waals surface area contributed by atoms with E-state index in [-0.39, 0.29) is 6.04 Å². The van der Waals surface area contributed by atoms with Gasteiger partial charge in [0.15, 0.2) is 0 Å². The van der Waals surface area contributed by atoms with Crippen molar-refractivity contribution in [2.45, 2.75) is 32.5 Å². The van der Waals surface area contributed by atoms with Crippen molar-refractivity contribution < 1.29 is 9.90 Å². The van der Waals surface area contributed by atoms with Crippen molar-refractivity contribution >= 4 is 6.41 Å². The Kier molecular flexibility index (Phi) is 2.46. The quantitative estimate of drug-likeness (QED) is 0.566. The molecule has 1 fully saturated rings. The predicted octanol–water partition coefficient (Wildman–Crippen LogP) is -0.208. The number of carbonyl (C=O) groups excluding carboxylic acids is 1. The van der Waals surface area contributed by atoms with Gasteiger partial charge >= 0.3 is 0 Å². The molecule has 1 rings (SSSR count). The highest BCUT2D eigenvalue weighted by atomic mass is 16.3. The monoisotopic (exact) mass is 158 g/mol. The Labute approximate surface area is 66.4 Å². The molecule has 0 spiro atoms. The normalized spacial score (nSPS) is 26.5. The average Bonchev–Trinajstić information content (AvgIpc) is 2.30. The maximum atomic E-state index is 10.5. The number of hydrazine groups is 1. The topological polar surface area (TPSA) is 43.8 Å². The molecule has 1 aliphatic rings. The second kappa shape index (κ2) is 3.19. The first-order chi connectivity index (χ1) is 5.16. The zero-order valence-electron chi connectivity index (χ0n) is 6.90. The highest BCUT2D eigenvalue weighted by molar-refractivity contribution is 5.47. The second-order valence-electron chi connectivity index (χ2n) is 3.01. The summed E-state index contributed by atoms with van der Waals surface area (Å²) in [6.07, 6.45) is 0.712. The van der Waals surface area contributed by atoms with Crippen molar-refractivity contribution in [3.05, 3.63) is 0 Å². The first-order valence-electron chi connectivity index (χ1n) is 3.85. The summed E-state index contributed by atoms with van der Waals surface area (Å²) in [6.45, 7) is 4.75. The van der Waals surface area contributed by atoms with Crippen LogP contribution in [0.5, 0.6) is 0 Å². The molecule has 11 heavy (non-hydrogen) atoms. The number of nitrogens with zero attached hydrogens (tertiary/aromatic N) is 2. The van der Waals surface area contributed by atoms with Gasteiger partial charge in [-0.2, -0.15) is 0 Å². The Morgan fingerprint density at radius 2 is 2.27 bits per heavy atom. The lowest BCUT2D eigenvalue weighted by Crippen LogP contribution is -2.43. The maximum absolute atomic E-state index is 10.5. The van der Waals surface area contributed by atoms with E-state index in [9.17, 15) is 9.90 Å². The molecule has 4 nitrogen and oxygen atoms in total. The van der Waals surface area contributed by atoms with Gasteiger partial charge in [-0.25, -0.2) is 10.0 Å². The molecular weight excluding hydrogens is 144 g/mol. The Hall–Kier alpha value is -0.610. The Balaban J connectivity index is 2.61. The lowest BCUT2D eigenvalue weighted by molar-refractivity contribution is -0.148. The number of hydrogen-bond donors (Lipinski definition) is 1. The summed E-state index contributed by atoms with van der Waals surface area (Å²) in [5.41, 5.74) is 0. The van der Waals surface area contributed by atoms with Gasteiger partial charge < -0.3 is 5.11 Å². The lowest BCUT2D eigenvalue weighted by Gasteiger charge is -2.29. The summed E-state index contributed by atoms with van der Waals surface area (Å²) in [6, 6.07) is 0.275. The lowest BCUT2D eigenvalue weighted by atomic mass is 10.3. The van der Waals surface area contributed by atoms with E-state index in [4.69, 9.17) is 0 Å². The van der Waals surface area contributed by atoms with Crippen LogP contribution < -0.4 is 0 Å². The maximum Gasteiger partial charge on any atom is 0.226 e. The Morgan fingerprint density at radius 1 is 1.64 bits per heavy atom. The molecular formula is C7H14N2O2. The van der Waals surface area contributed by atoms with E-state index in [0.717, 1.165) is 6.54 Å². The molecule has 1 aliphatic heterocycles.